The maximum atomic E-state index is 12.2. The molecule has 1 amide bonds. The number of carbonyl (C=O) groups is 2. The molecule has 24 heavy (non-hydrogen) atoms. The topological polar surface area (TPSA) is 101 Å². The van der Waals surface area contributed by atoms with Crippen molar-refractivity contribution in [1.29, 1.82) is 0 Å². The minimum atomic E-state index is -0.646. The molecule has 0 unspecified atom stereocenters. The third-order valence-corrected chi connectivity index (χ3v) is 3.40. The first-order chi connectivity index (χ1) is 11.4. The van der Waals surface area contributed by atoms with E-state index in [1.54, 1.807) is 37.3 Å². The molecule has 0 spiro atoms. The van der Waals surface area contributed by atoms with E-state index in [1.165, 1.54) is 25.1 Å². The number of nitro groups is 1. The number of benzene rings is 2. The van der Waals surface area contributed by atoms with Crippen molar-refractivity contribution in [3.05, 3.63) is 64.2 Å². The molecule has 0 radical (unpaired) electrons. The molecule has 124 valence electrons. The maximum absolute atomic E-state index is 12.2. The summed E-state index contributed by atoms with van der Waals surface area (Å²) in [6.45, 7) is 3.09. The predicted octanol–water partition coefficient (Wildman–Crippen LogP) is 3.24. The van der Waals surface area contributed by atoms with Gasteiger partial charge in [0.1, 0.15) is 11.7 Å². The highest BCUT2D eigenvalue weighted by Gasteiger charge is 2.18. The van der Waals surface area contributed by atoms with Gasteiger partial charge in [-0.05, 0) is 32.0 Å². The zero-order chi connectivity index (χ0) is 17.7. The van der Waals surface area contributed by atoms with Gasteiger partial charge < -0.3 is 10.6 Å². The molecule has 0 saturated heterocycles. The first kappa shape index (κ1) is 17.1. The molecule has 0 saturated carbocycles. The number of amides is 1. The summed E-state index contributed by atoms with van der Waals surface area (Å²) < 4.78 is 0. The number of ketones is 1. The smallest absolute Gasteiger partial charge is 0.292 e. The van der Waals surface area contributed by atoms with Crippen LogP contribution in [0.5, 0.6) is 0 Å². The predicted molar refractivity (Wildman–Crippen MR) is 91.3 cm³/mol. The van der Waals surface area contributed by atoms with Crippen LogP contribution in [0, 0.1) is 10.1 Å². The standard InChI is InChI=1S/C17H17N3O4/c1-11(18-14-7-5-6-13(10-14)12(2)21)17(22)19-15-8-3-4-9-16(15)20(23)24/h3-11,18H,1-2H3,(H,19,22)/t11-/m0/s1. The van der Waals surface area contributed by atoms with Crippen molar-refractivity contribution < 1.29 is 14.5 Å². The first-order valence-corrected chi connectivity index (χ1v) is 7.30. The lowest BCUT2D eigenvalue weighted by atomic mass is 10.1. The molecule has 2 N–H and O–H groups in total. The summed E-state index contributed by atoms with van der Waals surface area (Å²) in [5.74, 6) is -0.492. The average Bonchev–Trinajstić information content (AvgIpc) is 2.55. The van der Waals surface area contributed by atoms with Crippen molar-refractivity contribution in [3.8, 4) is 0 Å². The third-order valence-electron chi connectivity index (χ3n) is 3.40. The second kappa shape index (κ2) is 7.36. The van der Waals surface area contributed by atoms with Crippen LogP contribution >= 0.6 is 0 Å². The molecular weight excluding hydrogens is 310 g/mol. The molecule has 0 aromatic heterocycles. The van der Waals surface area contributed by atoms with Crippen molar-refractivity contribution >= 4 is 28.8 Å². The quantitative estimate of drug-likeness (QED) is 0.482. The van der Waals surface area contributed by atoms with Crippen LogP contribution in [-0.2, 0) is 4.79 Å². The average molecular weight is 327 g/mol. The maximum Gasteiger partial charge on any atom is 0.292 e. The number of nitro benzene ring substituents is 1. The van der Waals surface area contributed by atoms with E-state index in [2.05, 4.69) is 10.6 Å². The summed E-state index contributed by atoms with van der Waals surface area (Å²) in [5.41, 5.74) is 1.12. The van der Waals surface area contributed by atoms with Gasteiger partial charge in [-0.15, -0.1) is 0 Å². The van der Waals surface area contributed by atoms with E-state index in [0.717, 1.165) is 0 Å². The number of anilines is 2. The second-order valence-corrected chi connectivity index (χ2v) is 5.27. The van der Waals surface area contributed by atoms with E-state index in [9.17, 15) is 19.7 Å². The Bertz CT molecular complexity index is 789. The molecule has 2 aromatic carbocycles. The number of para-hydroxylation sites is 2. The van der Waals surface area contributed by atoms with Crippen LogP contribution in [0.1, 0.15) is 24.2 Å². The molecule has 0 heterocycles. The number of Topliss-reactive ketones (excluding diaryl/α,β-unsaturated/α-hetero) is 1. The lowest BCUT2D eigenvalue weighted by Crippen LogP contribution is -2.32. The van der Waals surface area contributed by atoms with E-state index in [0.29, 0.717) is 11.3 Å². The minimum Gasteiger partial charge on any atom is -0.374 e. The highest BCUT2D eigenvalue weighted by Crippen LogP contribution is 2.23. The fraction of sp³-hybridized carbons (Fsp3) is 0.176. The van der Waals surface area contributed by atoms with Crippen LogP contribution in [0.4, 0.5) is 17.1 Å². The van der Waals surface area contributed by atoms with Crippen LogP contribution in [0.15, 0.2) is 48.5 Å². The van der Waals surface area contributed by atoms with Crippen molar-refractivity contribution in [2.24, 2.45) is 0 Å². The SMILES string of the molecule is CC(=O)c1cccc(N[C@@H](C)C(=O)Nc2ccccc2[N+](=O)[O-])c1. The molecule has 2 aromatic rings. The van der Waals surface area contributed by atoms with Gasteiger partial charge in [-0.1, -0.05) is 24.3 Å². The Morgan fingerprint density at radius 1 is 1.12 bits per heavy atom. The first-order valence-electron chi connectivity index (χ1n) is 7.30. The Morgan fingerprint density at radius 2 is 1.83 bits per heavy atom. The zero-order valence-electron chi connectivity index (χ0n) is 13.3. The summed E-state index contributed by atoms with van der Waals surface area (Å²) >= 11 is 0. The van der Waals surface area contributed by atoms with Gasteiger partial charge in [-0.2, -0.15) is 0 Å². The molecule has 2 rings (SSSR count). The zero-order valence-corrected chi connectivity index (χ0v) is 13.3. The van der Waals surface area contributed by atoms with Gasteiger partial charge in [0.05, 0.1) is 4.92 Å². The number of hydrogen-bond donors (Lipinski definition) is 2. The van der Waals surface area contributed by atoms with Gasteiger partial charge in [-0.25, -0.2) is 0 Å². The van der Waals surface area contributed by atoms with Crippen molar-refractivity contribution in [3.63, 3.8) is 0 Å². The Balaban J connectivity index is 2.09. The number of carbonyl (C=O) groups excluding carboxylic acids is 2. The summed E-state index contributed by atoms with van der Waals surface area (Å²) in [6, 6.07) is 12.1. The molecule has 7 nitrogen and oxygen atoms in total. The molecule has 0 fully saturated rings. The molecular formula is C17H17N3O4. The van der Waals surface area contributed by atoms with E-state index < -0.39 is 16.9 Å². The Morgan fingerprint density at radius 3 is 2.50 bits per heavy atom. The number of nitrogens with zero attached hydrogens (tertiary/aromatic N) is 1. The summed E-state index contributed by atoms with van der Waals surface area (Å²) in [6.07, 6.45) is 0. The fourth-order valence-electron chi connectivity index (χ4n) is 2.12. The van der Waals surface area contributed by atoms with Gasteiger partial charge in [0.25, 0.3) is 5.69 Å². The number of nitrogens with one attached hydrogen (secondary N) is 2. The normalized spacial score (nSPS) is 11.4. The number of rotatable bonds is 6. The van der Waals surface area contributed by atoms with Crippen molar-refractivity contribution in [2.75, 3.05) is 10.6 Å². The Kier molecular flexibility index (Phi) is 5.26. The molecule has 0 bridgehead atoms. The third kappa shape index (κ3) is 4.16. The highest BCUT2D eigenvalue weighted by molar-refractivity contribution is 5.98. The van der Waals surface area contributed by atoms with Gasteiger partial charge in [0, 0.05) is 17.3 Å². The van der Waals surface area contributed by atoms with Crippen LogP contribution < -0.4 is 10.6 Å². The molecule has 0 aliphatic heterocycles. The Hall–Kier alpha value is -3.22. The van der Waals surface area contributed by atoms with Crippen LogP contribution in [0.2, 0.25) is 0 Å². The van der Waals surface area contributed by atoms with Gasteiger partial charge in [-0.3, -0.25) is 19.7 Å². The van der Waals surface area contributed by atoms with Gasteiger partial charge in [0.15, 0.2) is 5.78 Å². The Labute approximate surface area is 138 Å². The monoisotopic (exact) mass is 327 g/mol. The lowest BCUT2D eigenvalue weighted by molar-refractivity contribution is -0.383. The largest absolute Gasteiger partial charge is 0.374 e. The molecule has 0 aliphatic carbocycles. The van der Waals surface area contributed by atoms with E-state index in [-0.39, 0.29) is 17.2 Å². The van der Waals surface area contributed by atoms with E-state index >= 15 is 0 Å². The summed E-state index contributed by atoms with van der Waals surface area (Å²) in [7, 11) is 0. The van der Waals surface area contributed by atoms with Crippen LogP contribution in [0.3, 0.4) is 0 Å². The summed E-state index contributed by atoms with van der Waals surface area (Å²) in [4.78, 5) is 34.1. The molecule has 1 atom stereocenters. The van der Waals surface area contributed by atoms with Crippen LogP contribution in [-0.4, -0.2) is 22.7 Å². The van der Waals surface area contributed by atoms with Crippen molar-refractivity contribution in [1.82, 2.24) is 0 Å². The fourth-order valence-corrected chi connectivity index (χ4v) is 2.12. The second-order valence-electron chi connectivity index (χ2n) is 5.27. The highest BCUT2D eigenvalue weighted by atomic mass is 16.6. The van der Waals surface area contributed by atoms with Crippen molar-refractivity contribution in [2.45, 2.75) is 19.9 Å². The summed E-state index contributed by atoms with van der Waals surface area (Å²) in [5, 5.41) is 16.5. The van der Waals surface area contributed by atoms with E-state index in [4.69, 9.17) is 0 Å². The van der Waals surface area contributed by atoms with Crippen LogP contribution in [0.25, 0.3) is 0 Å². The van der Waals surface area contributed by atoms with Gasteiger partial charge >= 0.3 is 0 Å². The molecule has 0 aliphatic rings. The van der Waals surface area contributed by atoms with E-state index in [1.807, 2.05) is 0 Å². The van der Waals surface area contributed by atoms with Gasteiger partial charge in [0.2, 0.25) is 5.91 Å². The minimum absolute atomic E-state index is 0.0735. The number of hydrogen-bond acceptors (Lipinski definition) is 5. The molecule has 7 heteroatoms. The lowest BCUT2D eigenvalue weighted by Gasteiger charge is -2.15.